The van der Waals surface area contributed by atoms with E-state index in [0.29, 0.717) is 17.9 Å². The minimum absolute atomic E-state index is 0.234. The highest BCUT2D eigenvalue weighted by Gasteiger charge is 2.16. The average Bonchev–Trinajstić information content (AvgIpc) is 3.44. The molecule has 2 heterocycles. The number of aromatic amines is 1. The Hall–Kier alpha value is -4.07. The van der Waals surface area contributed by atoms with Gasteiger partial charge in [0.25, 0.3) is 5.91 Å². The van der Waals surface area contributed by atoms with E-state index < -0.39 is 0 Å². The Morgan fingerprint density at radius 3 is 2.42 bits per heavy atom. The third-order valence-corrected chi connectivity index (χ3v) is 5.49. The van der Waals surface area contributed by atoms with Crippen molar-refractivity contribution in [1.29, 1.82) is 0 Å². The number of nitrogens with one attached hydrogen (secondary N) is 2. The van der Waals surface area contributed by atoms with Gasteiger partial charge in [-0.2, -0.15) is 10.2 Å². The second-order valence-corrected chi connectivity index (χ2v) is 7.74. The van der Waals surface area contributed by atoms with Crippen molar-refractivity contribution in [3.05, 3.63) is 88.9 Å². The lowest BCUT2D eigenvalue weighted by atomic mass is 10.1. The van der Waals surface area contributed by atoms with Gasteiger partial charge in [0, 0.05) is 23.5 Å². The summed E-state index contributed by atoms with van der Waals surface area (Å²) in [5.74, 6) is 1.76. The first-order valence-corrected chi connectivity index (χ1v) is 10.7. The molecule has 0 spiro atoms. The third-order valence-electron chi connectivity index (χ3n) is 5.49. The molecule has 0 aliphatic heterocycles. The molecule has 0 saturated carbocycles. The highest BCUT2D eigenvalue weighted by molar-refractivity contribution is 6.04. The van der Waals surface area contributed by atoms with E-state index >= 15 is 0 Å². The van der Waals surface area contributed by atoms with Gasteiger partial charge in [-0.1, -0.05) is 30.3 Å². The molecule has 4 rings (SSSR count). The summed E-state index contributed by atoms with van der Waals surface area (Å²) in [5.41, 5.74) is 4.47. The predicted octanol–water partition coefficient (Wildman–Crippen LogP) is 4.02. The van der Waals surface area contributed by atoms with E-state index in [4.69, 9.17) is 9.47 Å². The molecule has 2 N–H and O–H groups in total. The summed E-state index contributed by atoms with van der Waals surface area (Å²) in [7, 11) is 3.27. The fourth-order valence-corrected chi connectivity index (χ4v) is 3.61. The van der Waals surface area contributed by atoms with Crippen LogP contribution in [0.15, 0.2) is 60.8 Å². The number of aryl methyl sites for hydroxylation is 2. The van der Waals surface area contributed by atoms with Gasteiger partial charge in [0.1, 0.15) is 11.5 Å². The van der Waals surface area contributed by atoms with E-state index in [1.807, 2.05) is 66.2 Å². The summed E-state index contributed by atoms with van der Waals surface area (Å²) < 4.78 is 12.5. The number of carbonyl (C=O) groups excluding carboxylic acids is 1. The number of hydrogen-bond donors (Lipinski definition) is 2. The molecule has 0 radical (unpaired) electrons. The molecule has 8 nitrogen and oxygen atoms in total. The fourth-order valence-electron chi connectivity index (χ4n) is 3.61. The van der Waals surface area contributed by atoms with Crippen LogP contribution in [0.3, 0.4) is 0 Å². The van der Waals surface area contributed by atoms with Crippen molar-refractivity contribution < 1.29 is 14.3 Å². The molecule has 2 aromatic heterocycles. The minimum atomic E-state index is -0.234. The number of methoxy groups -OCH3 is 2. The van der Waals surface area contributed by atoms with Gasteiger partial charge in [-0.15, -0.1) is 0 Å². The number of anilines is 1. The van der Waals surface area contributed by atoms with Gasteiger partial charge < -0.3 is 14.8 Å². The Morgan fingerprint density at radius 1 is 1.00 bits per heavy atom. The van der Waals surface area contributed by atoms with E-state index in [9.17, 15) is 4.79 Å². The van der Waals surface area contributed by atoms with Crippen LogP contribution in [-0.4, -0.2) is 40.1 Å². The second kappa shape index (κ2) is 10.0. The Labute approximate surface area is 192 Å². The number of ether oxygens (including phenoxy) is 2. The molecule has 0 atom stereocenters. The average molecular weight is 446 g/mol. The number of hydrogen-bond acceptors (Lipinski definition) is 5. The molecule has 33 heavy (non-hydrogen) atoms. The Bertz CT molecular complexity index is 1210. The molecular weight excluding hydrogens is 418 g/mol. The molecule has 0 aliphatic rings. The zero-order valence-electron chi connectivity index (χ0n) is 19.0. The van der Waals surface area contributed by atoms with Crippen molar-refractivity contribution in [3.63, 3.8) is 0 Å². The summed E-state index contributed by atoms with van der Waals surface area (Å²) in [5, 5.41) is 14.5. The van der Waals surface area contributed by atoms with Gasteiger partial charge in [0.05, 0.1) is 32.5 Å². The molecule has 170 valence electrons. The maximum absolute atomic E-state index is 12.8. The summed E-state index contributed by atoms with van der Waals surface area (Å²) in [4.78, 5) is 12.8. The number of nitrogens with zero attached hydrogens (tertiary/aromatic N) is 3. The fraction of sp³-hybridized carbons (Fsp3) is 0.240. The molecule has 0 bridgehead atoms. The van der Waals surface area contributed by atoms with E-state index in [2.05, 4.69) is 20.6 Å². The lowest BCUT2D eigenvalue weighted by Gasteiger charge is -2.08. The Kier molecular flexibility index (Phi) is 6.73. The van der Waals surface area contributed by atoms with E-state index in [1.165, 1.54) is 0 Å². The molecule has 0 saturated heterocycles. The molecular formula is C25H27N5O3. The van der Waals surface area contributed by atoms with Crippen LogP contribution in [0.2, 0.25) is 0 Å². The molecule has 4 aromatic rings. The quantitative estimate of drug-likeness (QED) is 0.406. The third kappa shape index (κ3) is 5.41. The highest BCUT2D eigenvalue weighted by atomic mass is 16.5. The predicted molar refractivity (Wildman–Crippen MR) is 126 cm³/mol. The van der Waals surface area contributed by atoms with Crippen LogP contribution >= 0.6 is 0 Å². The molecule has 0 fully saturated rings. The van der Waals surface area contributed by atoms with Gasteiger partial charge in [-0.25, -0.2) is 0 Å². The normalized spacial score (nSPS) is 10.8. The van der Waals surface area contributed by atoms with E-state index in [1.54, 1.807) is 20.4 Å². The summed E-state index contributed by atoms with van der Waals surface area (Å²) in [6, 6.07) is 17.7. The van der Waals surface area contributed by atoms with E-state index in [0.717, 1.165) is 46.9 Å². The summed E-state index contributed by atoms with van der Waals surface area (Å²) in [6.07, 6.45) is 3.10. The standard InChI is InChI=1S/C25H27N5O3/c1-17-23(15-26-30(17)16-18-7-5-4-6-8-18)25(31)27-24-13-20(28-29-24)10-9-19-11-21(32-2)14-22(12-19)33-3/h4-8,11-15H,9-10,16H2,1-3H3,(H2,27,28,29,31). The lowest BCUT2D eigenvalue weighted by Crippen LogP contribution is -2.13. The van der Waals surface area contributed by atoms with Crippen molar-refractivity contribution in [2.75, 3.05) is 19.5 Å². The summed E-state index contributed by atoms with van der Waals surface area (Å²) in [6.45, 7) is 2.50. The zero-order valence-corrected chi connectivity index (χ0v) is 19.0. The molecule has 2 aromatic carbocycles. The number of benzene rings is 2. The number of aromatic nitrogens is 4. The first kappa shape index (κ1) is 22.1. The Morgan fingerprint density at radius 2 is 1.73 bits per heavy atom. The van der Waals surface area contributed by atoms with Crippen LogP contribution in [0.1, 0.15) is 32.9 Å². The maximum atomic E-state index is 12.8. The van der Waals surface area contributed by atoms with Crippen molar-refractivity contribution >= 4 is 11.7 Å². The molecule has 8 heteroatoms. The van der Waals surface area contributed by atoms with Gasteiger partial charge in [0.15, 0.2) is 5.82 Å². The van der Waals surface area contributed by atoms with Crippen molar-refractivity contribution in [2.45, 2.75) is 26.3 Å². The van der Waals surface area contributed by atoms with Gasteiger partial charge in [0.2, 0.25) is 0 Å². The number of carbonyl (C=O) groups is 1. The van der Waals surface area contributed by atoms with Gasteiger partial charge in [-0.3, -0.25) is 14.6 Å². The van der Waals surface area contributed by atoms with Crippen molar-refractivity contribution in [2.24, 2.45) is 0 Å². The number of rotatable bonds is 9. The highest BCUT2D eigenvalue weighted by Crippen LogP contribution is 2.23. The SMILES string of the molecule is COc1cc(CCc2cc(NC(=O)c3cnn(Cc4ccccc4)c3C)n[nH]2)cc(OC)c1. The van der Waals surface area contributed by atoms with Gasteiger partial charge >= 0.3 is 0 Å². The maximum Gasteiger partial charge on any atom is 0.260 e. The van der Waals surface area contributed by atoms with E-state index in [-0.39, 0.29) is 5.91 Å². The first-order chi connectivity index (χ1) is 16.1. The molecule has 1 amide bonds. The lowest BCUT2D eigenvalue weighted by molar-refractivity contribution is 0.102. The van der Waals surface area contributed by atoms with Crippen LogP contribution in [0.25, 0.3) is 0 Å². The smallest absolute Gasteiger partial charge is 0.260 e. The largest absolute Gasteiger partial charge is 0.497 e. The summed E-state index contributed by atoms with van der Waals surface area (Å²) >= 11 is 0. The van der Waals surface area contributed by atoms with Crippen LogP contribution < -0.4 is 14.8 Å². The van der Waals surface area contributed by atoms with Crippen LogP contribution in [0.5, 0.6) is 11.5 Å². The monoisotopic (exact) mass is 445 g/mol. The first-order valence-electron chi connectivity index (χ1n) is 10.7. The minimum Gasteiger partial charge on any atom is -0.497 e. The number of H-pyrrole nitrogens is 1. The topological polar surface area (TPSA) is 94.1 Å². The second-order valence-electron chi connectivity index (χ2n) is 7.74. The molecule has 0 unspecified atom stereocenters. The van der Waals surface area contributed by atoms with Crippen molar-refractivity contribution in [3.8, 4) is 11.5 Å². The Balaban J connectivity index is 1.37. The zero-order chi connectivity index (χ0) is 23.2. The number of amides is 1. The van der Waals surface area contributed by atoms with Crippen LogP contribution in [-0.2, 0) is 19.4 Å². The van der Waals surface area contributed by atoms with Crippen LogP contribution in [0.4, 0.5) is 5.82 Å². The van der Waals surface area contributed by atoms with Gasteiger partial charge in [-0.05, 0) is 43.0 Å². The van der Waals surface area contributed by atoms with Crippen LogP contribution in [0, 0.1) is 6.92 Å². The molecule has 0 aliphatic carbocycles. The van der Waals surface area contributed by atoms with Crippen molar-refractivity contribution in [1.82, 2.24) is 20.0 Å².